The van der Waals surface area contributed by atoms with E-state index >= 15 is 0 Å². The van der Waals surface area contributed by atoms with Crippen LogP contribution in [0.3, 0.4) is 0 Å². The summed E-state index contributed by atoms with van der Waals surface area (Å²) in [7, 11) is 0. The average molecular weight is 170 g/mol. The Balaban J connectivity index is 2.51. The van der Waals surface area contributed by atoms with Gasteiger partial charge in [-0.05, 0) is 19.3 Å². The van der Waals surface area contributed by atoms with Gasteiger partial charge >= 0.3 is 5.97 Å². The highest BCUT2D eigenvalue weighted by Gasteiger charge is 2.15. The molecule has 1 saturated heterocycles. The Hall–Kier alpha value is -0.830. The lowest BCUT2D eigenvalue weighted by Gasteiger charge is -2.23. The molecule has 1 rings (SSSR count). The minimum atomic E-state index is -0.846. The van der Waals surface area contributed by atoms with E-state index in [1.165, 1.54) is 6.08 Å². The molecule has 1 unspecified atom stereocenters. The summed E-state index contributed by atoms with van der Waals surface area (Å²) >= 11 is 0. The largest absolute Gasteiger partial charge is 0.478 e. The van der Waals surface area contributed by atoms with E-state index in [0.717, 1.165) is 24.8 Å². The van der Waals surface area contributed by atoms with Crippen LogP contribution in [0.1, 0.15) is 26.2 Å². The SMILES string of the molecule is CCC1C/C(=C\C(=O)O)CCO1. The van der Waals surface area contributed by atoms with Gasteiger partial charge in [0.05, 0.1) is 12.7 Å². The highest BCUT2D eigenvalue weighted by Crippen LogP contribution is 2.20. The second kappa shape index (κ2) is 4.26. The van der Waals surface area contributed by atoms with Crippen molar-refractivity contribution in [1.29, 1.82) is 0 Å². The standard InChI is InChI=1S/C9H14O3/c1-2-8-5-7(3-4-12-8)6-9(10)11/h6,8H,2-5H2,1H3,(H,10,11)/b7-6-. The zero-order valence-corrected chi connectivity index (χ0v) is 7.25. The zero-order chi connectivity index (χ0) is 8.97. The molecule has 3 nitrogen and oxygen atoms in total. The monoisotopic (exact) mass is 170 g/mol. The molecule has 3 heteroatoms. The van der Waals surface area contributed by atoms with Crippen LogP contribution in [0, 0.1) is 0 Å². The summed E-state index contributed by atoms with van der Waals surface area (Å²) in [5.74, 6) is -0.846. The molecule has 1 N–H and O–H groups in total. The van der Waals surface area contributed by atoms with Gasteiger partial charge in [0.25, 0.3) is 0 Å². The van der Waals surface area contributed by atoms with Crippen molar-refractivity contribution in [3.8, 4) is 0 Å². The Labute approximate surface area is 72.0 Å². The second-order valence-corrected chi connectivity index (χ2v) is 3.00. The highest BCUT2D eigenvalue weighted by atomic mass is 16.5. The van der Waals surface area contributed by atoms with Crippen LogP contribution in [0.25, 0.3) is 0 Å². The van der Waals surface area contributed by atoms with Gasteiger partial charge in [0.1, 0.15) is 0 Å². The van der Waals surface area contributed by atoms with E-state index in [0.29, 0.717) is 6.61 Å². The number of aliphatic carboxylic acids is 1. The Morgan fingerprint density at radius 2 is 2.58 bits per heavy atom. The van der Waals surface area contributed by atoms with E-state index in [1.54, 1.807) is 0 Å². The van der Waals surface area contributed by atoms with Crippen molar-refractivity contribution in [3.63, 3.8) is 0 Å². The second-order valence-electron chi connectivity index (χ2n) is 3.00. The Morgan fingerprint density at radius 1 is 1.83 bits per heavy atom. The van der Waals surface area contributed by atoms with Crippen molar-refractivity contribution >= 4 is 5.97 Å². The van der Waals surface area contributed by atoms with Crippen molar-refractivity contribution in [2.45, 2.75) is 32.3 Å². The van der Waals surface area contributed by atoms with Crippen LogP contribution >= 0.6 is 0 Å². The molecule has 0 radical (unpaired) electrons. The van der Waals surface area contributed by atoms with Gasteiger partial charge in [-0.2, -0.15) is 0 Å². The minimum Gasteiger partial charge on any atom is -0.478 e. The summed E-state index contributed by atoms with van der Waals surface area (Å²) in [6.45, 7) is 2.71. The summed E-state index contributed by atoms with van der Waals surface area (Å²) in [6, 6.07) is 0. The smallest absolute Gasteiger partial charge is 0.328 e. The predicted molar refractivity (Wildman–Crippen MR) is 45.0 cm³/mol. The molecule has 1 atom stereocenters. The molecular formula is C9H14O3. The maximum Gasteiger partial charge on any atom is 0.328 e. The number of carboxylic acid groups (broad SMARTS) is 1. The first-order chi connectivity index (χ1) is 5.72. The van der Waals surface area contributed by atoms with Crippen LogP contribution < -0.4 is 0 Å². The molecule has 0 aromatic rings. The van der Waals surface area contributed by atoms with E-state index in [-0.39, 0.29) is 6.10 Å². The fraction of sp³-hybridized carbons (Fsp3) is 0.667. The summed E-state index contributed by atoms with van der Waals surface area (Å²) in [6.07, 6.45) is 4.04. The molecule has 0 spiro atoms. The number of hydrogen-bond acceptors (Lipinski definition) is 2. The van der Waals surface area contributed by atoms with Crippen molar-refractivity contribution < 1.29 is 14.6 Å². The van der Waals surface area contributed by atoms with Crippen molar-refractivity contribution in [2.75, 3.05) is 6.61 Å². The number of hydrogen-bond donors (Lipinski definition) is 1. The van der Waals surface area contributed by atoms with E-state index in [9.17, 15) is 4.79 Å². The molecule has 0 aromatic heterocycles. The maximum atomic E-state index is 10.3. The first-order valence-corrected chi connectivity index (χ1v) is 4.26. The molecule has 68 valence electrons. The lowest BCUT2D eigenvalue weighted by Crippen LogP contribution is -2.20. The third-order valence-corrected chi connectivity index (χ3v) is 2.05. The molecule has 1 fully saturated rings. The number of carboxylic acids is 1. The van der Waals surface area contributed by atoms with Crippen molar-refractivity contribution in [1.82, 2.24) is 0 Å². The van der Waals surface area contributed by atoms with Crippen LogP contribution in [0.4, 0.5) is 0 Å². The fourth-order valence-corrected chi connectivity index (χ4v) is 1.38. The molecule has 1 aliphatic heterocycles. The van der Waals surface area contributed by atoms with Gasteiger partial charge in [-0.3, -0.25) is 0 Å². The molecule has 0 aromatic carbocycles. The van der Waals surface area contributed by atoms with Crippen LogP contribution in [0.2, 0.25) is 0 Å². The molecular weight excluding hydrogens is 156 g/mol. The van der Waals surface area contributed by atoms with Crippen LogP contribution in [0.5, 0.6) is 0 Å². The normalized spacial score (nSPS) is 27.4. The lowest BCUT2D eigenvalue weighted by atomic mass is 10.0. The van der Waals surface area contributed by atoms with Crippen molar-refractivity contribution in [3.05, 3.63) is 11.6 Å². The summed E-state index contributed by atoms with van der Waals surface area (Å²) in [4.78, 5) is 10.3. The average Bonchev–Trinajstić information content (AvgIpc) is 2.03. The van der Waals surface area contributed by atoms with Gasteiger partial charge in [0.15, 0.2) is 0 Å². The first kappa shape index (κ1) is 9.26. The first-order valence-electron chi connectivity index (χ1n) is 4.26. The van der Waals surface area contributed by atoms with Gasteiger partial charge in [-0.15, -0.1) is 0 Å². The van der Waals surface area contributed by atoms with Crippen LogP contribution in [-0.2, 0) is 9.53 Å². The Bertz CT molecular complexity index is 196. The van der Waals surface area contributed by atoms with E-state index in [1.807, 2.05) is 6.92 Å². The molecule has 0 bridgehead atoms. The quantitative estimate of drug-likeness (QED) is 0.640. The fourth-order valence-electron chi connectivity index (χ4n) is 1.38. The molecule has 1 heterocycles. The molecule has 0 aliphatic carbocycles. The zero-order valence-electron chi connectivity index (χ0n) is 7.25. The number of carbonyl (C=O) groups is 1. The maximum absolute atomic E-state index is 10.3. The van der Waals surface area contributed by atoms with Crippen LogP contribution in [0.15, 0.2) is 11.6 Å². The minimum absolute atomic E-state index is 0.226. The summed E-state index contributed by atoms with van der Waals surface area (Å²) in [5, 5.41) is 8.51. The van der Waals surface area contributed by atoms with Gasteiger partial charge in [-0.1, -0.05) is 12.5 Å². The Morgan fingerprint density at radius 3 is 3.17 bits per heavy atom. The third-order valence-electron chi connectivity index (χ3n) is 2.05. The van der Waals surface area contributed by atoms with Gasteiger partial charge in [0.2, 0.25) is 0 Å². The lowest BCUT2D eigenvalue weighted by molar-refractivity contribution is -0.131. The van der Waals surface area contributed by atoms with Gasteiger partial charge in [0, 0.05) is 6.08 Å². The van der Waals surface area contributed by atoms with Gasteiger partial charge < -0.3 is 9.84 Å². The van der Waals surface area contributed by atoms with E-state index < -0.39 is 5.97 Å². The molecule has 1 aliphatic rings. The molecule has 0 amide bonds. The summed E-state index contributed by atoms with van der Waals surface area (Å²) < 4.78 is 5.41. The molecule has 12 heavy (non-hydrogen) atoms. The number of ether oxygens (including phenoxy) is 1. The highest BCUT2D eigenvalue weighted by molar-refractivity contribution is 5.80. The number of rotatable bonds is 2. The van der Waals surface area contributed by atoms with Crippen LogP contribution in [-0.4, -0.2) is 23.8 Å². The van der Waals surface area contributed by atoms with E-state index in [2.05, 4.69) is 0 Å². The Kier molecular flexibility index (Phi) is 3.29. The third kappa shape index (κ3) is 2.66. The predicted octanol–water partition coefficient (Wildman–Crippen LogP) is 1.59. The molecule has 0 saturated carbocycles. The topological polar surface area (TPSA) is 46.5 Å². The van der Waals surface area contributed by atoms with E-state index in [4.69, 9.17) is 9.84 Å². The summed E-state index contributed by atoms with van der Waals surface area (Å²) in [5.41, 5.74) is 1.00. The van der Waals surface area contributed by atoms with Crippen molar-refractivity contribution in [2.24, 2.45) is 0 Å². The van der Waals surface area contributed by atoms with Gasteiger partial charge in [-0.25, -0.2) is 4.79 Å².